The number of fused-ring (bicyclic) bond motifs is 1. The van der Waals surface area contributed by atoms with Gasteiger partial charge in [0, 0.05) is 33.0 Å². The van der Waals surface area contributed by atoms with Crippen LogP contribution in [0, 0.1) is 0 Å². The lowest BCUT2D eigenvalue weighted by Gasteiger charge is -2.38. The zero-order valence-electron chi connectivity index (χ0n) is 11.4. The molecule has 0 saturated carbocycles. The van der Waals surface area contributed by atoms with Gasteiger partial charge in [0.05, 0.1) is 19.5 Å². The standard InChI is InChI=1S/C13H17N5O2/c1-17-9-16-10-11(17)14-8-15-12(10)18-4-2-13(3-5-18)19-6-7-20-13/h8-9H,2-7H2,1H3. The van der Waals surface area contributed by atoms with E-state index in [9.17, 15) is 0 Å². The zero-order chi connectivity index (χ0) is 13.6. The predicted molar refractivity (Wildman–Crippen MR) is 72.4 cm³/mol. The average Bonchev–Trinajstić information content (AvgIpc) is 3.08. The van der Waals surface area contributed by atoms with Crippen molar-refractivity contribution in [1.29, 1.82) is 0 Å². The molecule has 2 saturated heterocycles. The predicted octanol–water partition coefficient (Wildman–Crippen LogP) is 0.707. The molecule has 20 heavy (non-hydrogen) atoms. The molecular formula is C13H17N5O2. The van der Waals surface area contributed by atoms with Gasteiger partial charge in [-0.3, -0.25) is 0 Å². The fourth-order valence-electron chi connectivity index (χ4n) is 3.01. The number of rotatable bonds is 1. The van der Waals surface area contributed by atoms with Crippen molar-refractivity contribution in [3.05, 3.63) is 12.7 Å². The maximum absolute atomic E-state index is 5.76. The highest BCUT2D eigenvalue weighted by Crippen LogP contribution is 2.33. The summed E-state index contributed by atoms with van der Waals surface area (Å²) in [6.45, 7) is 3.14. The topological polar surface area (TPSA) is 65.3 Å². The molecule has 7 nitrogen and oxygen atoms in total. The third kappa shape index (κ3) is 1.77. The molecule has 2 aliphatic rings. The first-order valence-corrected chi connectivity index (χ1v) is 6.92. The Morgan fingerprint density at radius 2 is 1.85 bits per heavy atom. The second-order valence-corrected chi connectivity index (χ2v) is 5.32. The number of aromatic nitrogens is 4. The van der Waals surface area contributed by atoms with Crippen LogP contribution in [0.2, 0.25) is 0 Å². The number of anilines is 1. The molecule has 0 atom stereocenters. The number of hydrogen-bond donors (Lipinski definition) is 0. The van der Waals surface area contributed by atoms with Gasteiger partial charge in [0.1, 0.15) is 6.33 Å². The molecule has 0 radical (unpaired) electrons. The van der Waals surface area contributed by atoms with Crippen molar-refractivity contribution in [2.45, 2.75) is 18.6 Å². The maximum Gasteiger partial charge on any atom is 0.171 e. The van der Waals surface area contributed by atoms with Crippen LogP contribution in [0.15, 0.2) is 12.7 Å². The van der Waals surface area contributed by atoms with Crippen LogP contribution in [0.3, 0.4) is 0 Å². The Morgan fingerprint density at radius 3 is 2.60 bits per heavy atom. The van der Waals surface area contributed by atoms with E-state index in [1.165, 1.54) is 0 Å². The van der Waals surface area contributed by atoms with Gasteiger partial charge < -0.3 is 18.9 Å². The Hall–Kier alpha value is -1.73. The van der Waals surface area contributed by atoms with Gasteiger partial charge in [-0.05, 0) is 0 Å². The molecule has 2 fully saturated rings. The second kappa shape index (κ2) is 4.39. The summed E-state index contributed by atoms with van der Waals surface area (Å²) in [7, 11) is 1.94. The van der Waals surface area contributed by atoms with E-state index in [1.54, 1.807) is 12.7 Å². The van der Waals surface area contributed by atoms with Gasteiger partial charge in [-0.1, -0.05) is 0 Å². The third-order valence-corrected chi connectivity index (χ3v) is 4.12. The first-order chi connectivity index (χ1) is 9.77. The van der Waals surface area contributed by atoms with E-state index in [4.69, 9.17) is 9.47 Å². The smallest absolute Gasteiger partial charge is 0.171 e. The summed E-state index contributed by atoms with van der Waals surface area (Å²) in [6, 6.07) is 0. The quantitative estimate of drug-likeness (QED) is 0.763. The lowest BCUT2D eigenvalue weighted by Crippen LogP contribution is -2.45. The van der Waals surface area contributed by atoms with Gasteiger partial charge >= 0.3 is 0 Å². The molecular weight excluding hydrogens is 258 g/mol. The largest absolute Gasteiger partial charge is 0.354 e. The number of imidazole rings is 1. The highest BCUT2D eigenvalue weighted by atomic mass is 16.7. The van der Waals surface area contributed by atoms with Crippen LogP contribution < -0.4 is 4.90 Å². The highest BCUT2D eigenvalue weighted by molar-refractivity contribution is 5.83. The van der Waals surface area contributed by atoms with E-state index in [2.05, 4.69) is 19.9 Å². The van der Waals surface area contributed by atoms with Crippen LogP contribution >= 0.6 is 0 Å². The summed E-state index contributed by atoms with van der Waals surface area (Å²) in [5.41, 5.74) is 1.72. The summed E-state index contributed by atoms with van der Waals surface area (Å²) in [4.78, 5) is 15.4. The highest BCUT2D eigenvalue weighted by Gasteiger charge is 2.40. The van der Waals surface area contributed by atoms with Crippen molar-refractivity contribution in [2.75, 3.05) is 31.2 Å². The first-order valence-electron chi connectivity index (χ1n) is 6.92. The Morgan fingerprint density at radius 1 is 1.10 bits per heavy atom. The number of nitrogens with zero attached hydrogens (tertiary/aromatic N) is 5. The summed E-state index contributed by atoms with van der Waals surface area (Å²) < 4.78 is 13.4. The van der Waals surface area contributed by atoms with Crippen LogP contribution in [0.4, 0.5) is 5.82 Å². The molecule has 1 spiro atoms. The zero-order valence-corrected chi connectivity index (χ0v) is 11.4. The Bertz CT molecular complexity index is 625. The Labute approximate surface area is 116 Å². The second-order valence-electron chi connectivity index (χ2n) is 5.32. The lowest BCUT2D eigenvalue weighted by molar-refractivity contribution is -0.169. The normalized spacial score (nSPS) is 21.9. The van der Waals surface area contributed by atoms with Crippen molar-refractivity contribution in [3.63, 3.8) is 0 Å². The third-order valence-electron chi connectivity index (χ3n) is 4.12. The van der Waals surface area contributed by atoms with Gasteiger partial charge in [-0.15, -0.1) is 0 Å². The molecule has 0 bridgehead atoms. The Kier molecular flexibility index (Phi) is 2.64. The minimum Gasteiger partial charge on any atom is -0.354 e. The summed E-state index contributed by atoms with van der Waals surface area (Å²) in [6.07, 6.45) is 5.11. The molecule has 0 N–H and O–H groups in total. The number of ether oxygens (including phenoxy) is 2. The summed E-state index contributed by atoms with van der Waals surface area (Å²) in [5.74, 6) is 0.552. The van der Waals surface area contributed by atoms with E-state index >= 15 is 0 Å². The van der Waals surface area contributed by atoms with Crippen molar-refractivity contribution in [3.8, 4) is 0 Å². The molecule has 0 amide bonds. The van der Waals surface area contributed by atoms with Crippen LogP contribution in [0.25, 0.3) is 11.2 Å². The molecule has 4 heterocycles. The van der Waals surface area contributed by atoms with Gasteiger partial charge in [0.25, 0.3) is 0 Å². The van der Waals surface area contributed by atoms with Gasteiger partial charge in [0.2, 0.25) is 0 Å². The molecule has 2 aromatic heterocycles. The summed E-state index contributed by atoms with van der Waals surface area (Å²) >= 11 is 0. The fraction of sp³-hybridized carbons (Fsp3) is 0.615. The molecule has 4 rings (SSSR count). The van der Waals surface area contributed by atoms with E-state index in [0.717, 1.165) is 42.9 Å². The van der Waals surface area contributed by atoms with Crippen molar-refractivity contribution in [1.82, 2.24) is 19.5 Å². The number of aryl methyl sites for hydroxylation is 1. The Balaban J connectivity index is 1.61. The monoisotopic (exact) mass is 275 g/mol. The number of piperidine rings is 1. The first kappa shape index (κ1) is 12.0. The van der Waals surface area contributed by atoms with Gasteiger partial charge in [-0.25, -0.2) is 15.0 Å². The molecule has 2 aromatic rings. The fourth-order valence-corrected chi connectivity index (χ4v) is 3.01. The van der Waals surface area contributed by atoms with Crippen LogP contribution in [0.1, 0.15) is 12.8 Å². The molecule has 106 valence electrons. The van der Waals surface area contributed by atoms with Gasteiger partial charge in [0.15, 0.2) is 22.8 Å². The minimum absolute atomic E-state index is 0.354. The maximum atomic E-state index is 5.76. The number of hydrogen-bond acceptors (Lipinski definition) is 6. The molecule has 7 heteroatoms. The molecule has 0 aromatic carbocycles. The van der Waals surface area contributed by atoms with Crippen molar-refractivity contribution >= 4 is 17.0 Å². The van der Waals surface area contributed by atoms with E-state index in [1.807, 2.05) is 11.6 Å². The SMILES string of the molecule is Cn1cnc2c(N3CCC4(CC3)OCCO4)ncnc21. The van der Waals surface area contributed by atoms with E-state index < -0.39 is 0 Å². The van der Waals surface area contributed by atoms with E-state index in [0.29, 0.717) is 13.2 Å². The summed E-state index contributed by atoms with van der Waals surface area (Å²) in [5, 5.41) is 0. The van der Waals surface area contributed by atoms with Crippen LogP contribution in [-0.4, -0.2) is 51.6 Å². The van der Waals surface area contributed by atoms with Crippen LogP contribution in [0.5, 0.6) is 0 Å². The minimum atomic E-state index is -0.354. The van der Waals surface area contributed by atoms with E-state index in [-0.39, 0.29) is 5.79 Å². The average molecular weight is 275 g/mol. The molecule has 0 aliphatic carbocycles. The van der Waals surface area contributed by atoms with Crippen molar-refractivity contribution in [2.24, 2.45) is 7.05 Å². The van der Waals surface area contributed by atoms with Crippen molar-refractivity contribution < 1.29 is 9.47 Å². The van der Waals surface area contributed by atoms with Crippen LogP contribution in [-0.2, 0) is 16.5 Å². The van der Waals surface area contributed by atoms with Gasteiger partial charge in [-0.2, -0.15) is 0 Å². The lowest BCUT2D eigenvalue weighted by atomic mass is 10.0. The molecule has 0 unspecified atom stereocenters. The molecule has 2 aliphatic heterocycles.